The number of pyridine rings is 1. The van der Waals surface area contributed by atoms with Gasteiger partial charge in [0.25, 0.3) is 11.5 Å². The third kappa shape index (κ3) is 5.48. The predicted molar refractivity (Wildman–Crippen MR) is 127 cm³/mol. The van der Waals surface area contributed by atoms with Gasteiger partial charge in [-0.1, -0.05) is 0 Å². The van der Waals surface area contributed by atoms with Gasteiger partial charge >= 0.3 is 12.8 Å². The van der Waals surface area contributed by atoms with Crippen LogP contribution in [0, 0.1) is 11.6 Å². The van der Waals surface area contributed by atoms with Gasteiger partial charge < -0.3 is 14.8 Å². The highest BCUT2D eigenvalue weighted by molar-refractivity contribution is 6.06. The Morgan fingerprint density at radius 3 is 2.17 bits per heavy atom. The van der Waals surface area contributed by atoms with Gasteiger partial charge in [-0.15, -0.1) is 0 Å². The number of nitrogens with zero attached hydrogens (tertiary/aromatic N) is 3. The monoisotopic (exact) mass is 570 g/mol. The van der Waals surface area contributed by atoms with Crippen LogP contribution in [0.3, 0.4) is 0 Å². The highest BCUT2D eigenvalue weighted by Crippen LogP contribution is 2.35. The van der Waals surface area contributed by atoms with Crippen molar-refractivity contribution in [3.63, 3.8) is 0 Å². The molecule has 0 saturated carbocycles. The van der Waals surface area contributed by atoms with Gasteiger partial charge in [-0.3, -0.25) is 14.3 Å². The Bertz CT molecular complexity index is 1610. The summed E-state index contributed by atoms with van der Waals surface area (Å²) in [5.74, 6) is -4.49. The summed E-state index contributed by atoms with van der Waals surface area (Å²) in [6, 6.07) is 7.05. The molecule has 0 aliphatic rings. The van der Waals surface area contributed by atoms with E-state index in [9.17, 15) is 31.5 Å². The third-order valence-electron chi connectivity index (χ3n) is 5.62. The van der Waals surface area contributed by atoms with Gasteiger partial charge in [0.2, 0.25) is 0 Å². The van der Waals surface area contributed by atoms with Crippen LogP contribution in [0.2, 0.25) is 0 Å². The molecule has 0 saturated heterocycles. The first-order chi connectivity index (χ1) is 18.8. The van der Waals surface area contributed by atoms with Crippen LogP contribution in [0.4, 0.5) is 36.4 Å². The number of rotatable bonds is 7. The second-order valence-corrected chi connectivity index (χ2v) is 8.09. The van der Waals surface area contributed by atoms with Crippen molar-refractivity contribution in [2.45, 2.75) is 12.8 Å². The van der Waals surface area contributed by atoms with Crippen LogP contribution in [-0.4, -0.2) is 34.0 Å². The number of benzene rings is 2. The van der Waals surface area contributed by atoms with E-state index < -0.39 is 64.2 Å². The van der Waals surface area contributed by atoms with Gasteiger partial charge in [0.1, 0.15) is 34.5 Å². The molecule has 40 heavy (non-hydrogen) atoms. The van der Waals surface area contributed by atoms with Crippen molar-refractivity contribution in [2.75, 3.05) is 12.4 Å². The van der Waals surface area contributed by atoms with Crippen LogP contribution in [-0.2, 0) is 13.2 Å². The Morgan fingerprint density at radius 2 is 1.62 bits per heavy atom. The van der Waals surface area contributed by atoms with Gasteiger partial charge in [-0.2, -0.15) is 26.6 Å². The molecule has 4 aromatic rings. The molecule has 2 heterocycles. The van der Waals surface area contributed by atoms with Crippen LogP contribution in [0.25, 0.3) is 17.1 Å². The second-order valence-electron chi connectivity index (χ2n) is 8.09. The molecular weight excluding hydrogens is 553 g/mol. The van der Waals surface area contributed by atoms with E-state index in [1.165, 1.54) is 0 Å². The number of carbonyl (C=O) groups excluding carboxylic acids is 1. The maximum Gasteiger partial charge on any atom is 0.416 e. The summed E-state index contributed by atoms with van der Waals surface area (Å²) in [4.78, 5) is 30.2. The van der Waals surface area contributed by atoms with Crippen molar-refractivity contribution in [1.29, 1.82) is 0 Å². The van der Waals surface area contributed by atoms with Crippen LogP contribution < -0.4 is 20.3 Å². The van der Waals surface area contributed by atoms with E-state index in [-0.39, 0.29) is 17.1 Å². The number of halogens is 7. The quantitative estimate of drug-likeness (QED) is 0.301. The van der Waals surface area contributed by atoms with Gasteiger partial charge in [0.05, 0.1) is 18.2 Å². The van der Waals surface area contributed by atoms with Crippen molar-refractivity contribution >= 4 is 11.6 Å². The van der Waals surface area contributed by atoms with Crippen LogP contribution in [0.5, 0.6) is 11.5 Å². The van der Waals surface area contributed by atoms with E-state index >= 15 is 8.78 Å². The first kappa shape index (κ1) is 28.2. The van der Waals surface area contributed by atoms with Crippen molar-refractivity contribution in [3.8, 4) is 28.6 Å². The summed E-state index contributed by atoms with van der Waals surface area (Å²) >= 11 is 0. The fourth-order valence-electron chi connectivity index (χ4n) is 3.84. The average Bonchev–Trinajstić information content (AvgIpc) is 3.12. The van der Waals surface area contributed by atoms with Crippen molar-refractivity contribution in [3.05, 3.63) is 87.8 Å². The van der Waals surface area contributed by atoms with E-state index in [0.717, 1.165) is 61.4 Å². The van der Waals surface area contributed by atoms with Crippen molar-refractivity contribution < 1.29 is 45.0 Å². The van der Waals surface area contributed by atoms with E-state index in [2.05, 4.69) is 15.0 Å². The van der Waals surface area contributed by atoms with E-state index in [4.69, 9.17) is 4.74 Å². The summed E-state index contributed by atoms with van der Waals surface area (Å²) in [5.41, 5.74) is -4.57. The molecule has 1 amide bonds. The average molecular weight is 570 g/mol. The largest absolute Gasteiger partial charge is 0.497 e. The highest BCUT2D eigenvalue weighted by atomic mass is 19.4. The standard InChI is InChI=1S/C25H17F7N4O4/c1-35-21(19-16(26)10-15(39-2)11-17(19)27)20(34-22(37)12-3-5-14(6-4-12)40-24(28)29)23(38)36(35)18-9-13(7-8-33-18)25(30,31)32/h3-11,24H,1-2H3,(H,34,37). The number of aromatic nitrogens is 3. The Morgan fingerprint density at radius 1 is 1.00 bits per heavy atom. The van der Waals surface area contributed by atoms with Gasteiger partial charge in [0.15, 0.2) is 5.82 Å². The van der Waals surface area contributed by atoms with E-state index in [1.807, 2.05) is 0 Å². The molecular formula is C25H17F7N4O4. The maximum atomic E-state index is 15.1. The van der Waals surface area contributed by atoms with Crippen LogP contribution in [0.1, 0.15) is 15.9 Å². The number of nitrogens with one attached hydrogen (secondary N) is 1. The lowest BCUT2D eigenvalue weighted by Gasteiger charge is -2.13. The minimum Gasteiger partial charge on any atom is -0.497 e. The molecule has 0 unspecified atom stereocenters. The maximum absolute atomic E-state index is 15.1. The summed E-state index contributed by atoms with van der Waals surface area (Å²) < 4.78 is 106. The zero-order valence-electron chi connectivity index (χ0n) is 20.4. The number of hydrogen-bond donors (Lipinski definition) is 1. The lowest BCUT2D eigenvalue weighted by molar-refractivity contribution is -0.137. The first-order valence-electron chi connectivity index (χ1n) is 11.1. The predicted octanol–water partition coefficient (Wildman–Crippen LogP) is 5.40. The Balaban J connectivity index is 1.90. The SMILES string of the molecule is COc1cc(F)c(-c2c(NC(=O)c3ccc(OC(F)F)cc3)c(=O)n(-c3cc(C(F)(F)F)ccn3)n2C)c(F)c1. The Labute approximate surface area is 220 Å². The number of anilines is 1. The van der Waals surface area contributed by atoms with Crippen LogP contribution >= 0.6 is 0 Å². The molecule has 0 aliphatic carbocycles. The number of carbonyl (C=O) groups is 1. The van der Waals surface area contributed by atoms with Gasteiger partial charge in [-0.05, 0) is 36.4 Å². The molecule has 1 N–H and O–H groups in total. The van der Waals surface area contributed by atoms with Gasteiger partial charge in [0, 0.05) is 30.9 Å². The topological polar surface area (TPSA) is 87.4 Å². The number of amides is 1. The fourth-order valence-corrected chi connectivity index (χ4v) is 3.84. The fraction of sp³-hybridized carbons (Fsp3) is 0.160. The minimum absolute atomic E-state index is 0.171. The lowest BCUT2D eigenvalue weighted by Crippen LogP contribution is -2.24. The minimum atomic E-state index is -4.80. The smallest absolute Gasteiger partial charge is 0.416 e. The van der Waals surface area contributed by atoms with E-state index in [1.54, 1.807) is 0 Å². The molecule has 0 radical (unpaired) electrons. The van der Waals surface area contributed by atoms with Crippen LogP contribution in [0.15, 0.2) is 59.5 Å². The number of ether oxygens (including phenoxy) is 2. The summed E-state index contributed by atoms with van der Waals surface area (Å²) in [6.07, 6.45) is -4.02. The zero-order valence-corrected chi connectivity index (χ0v) is 20.4. The van der Waals surface area contributed by atoms with E-state index in [0.29, 0.717) is 16.8 Å². The molecule has 2 aromatic heterocycles. The Hall–Kier alpha value is -4.82. The molecule has 8 nitrogen and oxygen atoms in total. The van der Waals surface area contributed by atoms with Gasteiger partial charge in [-0.25, -0.2) is 13.8 Å². The number of methoxy groups -OCH3 is 1. The summed E-state index contributed by atoms with van der Waals surface area (Å²) in [6.45, 7) is -3.12. The highest BCUT2D eigenvalue weighted by Gasteiger charge is 2.32. The van der Waals surface area contributed by atoms with Crippen molar-refractivity contribution in [2.24, 2.45) is 7.05 Å². The third-order valence-corrected chi connectivity index (χ3v) is 5.62. The molecule has 4 rings (SSSR count). The molecule has 15 heteroatoms. The first-order valence-corrected chi connectivity index (χ1v) is 11.1. The molecule has 0 fully saturated rings. The number of hydrogen-bond acceptors (Lipinski definition) is 5. The molecule has 0 bridgehead atoms. The summed E-state index contributed by atoms with van der Waals surface area (Å²) in [7, 11) is 2.27. The number of alkyl halides is 5. The Kier molecular flexibility index (Phi) is 7.57. The summed E-state index contributed by atoms with van der Waals surface area (Å²) in [5, 5.41) is 2.22. The zero-order chi connectivity index (χ0) is 29.4. The molecule has 0 atom stereocenters. The lowest BCUT2D eigenvalue weighted by atomic mass is 10.1. The molecule has 210 valence electrons. The van der Waals surface area contributed by atoms with Crippen molar-refractivity contribution in [1.82, 2.24) is 14.3 Å². The molecule has 0 aliphatic heterocycles. The normalized spacial score (nSPS) is 11.6. The second kappa shape index (κ2) is 10.7. The molecule has 0 spiro atoms. The molecule has 2 aromatic carbocycles.